The number of carbonyl (C=O) groups excluding carboxylic acids is 1. The summed E-state index contributed by atoms with van der Waals surface area (Å²) in [6.45, 7) is 0.455. The molecule has 3 aromatic rings. The first-order chi connectivity index (χ1) is 16.2. The van der Waals surface area contributed by atoms with Crippen molar-refractivity contribution in [3.8, 4) is 11.1 Å². The number of carboxylic acids is 1. The number of carbonyl (C=O) groups is 2. The number of amides is 1. The molecule has 0 radical (unpaired) electrons. The molecular weight excluding hydrogens is 503 g/mol. The number of aryl methyl sites for hydroxylation is 1. The van der Waals surface area contributed by atoms with Gasteiger partial charge in [0.15, 0.2) is 0 Å². The van der Waals surface area contributed by atoms with Crippen LogP contribution in [0, 0.1) is 0 Å². The highest BCUT2D eigenvalue weighted by molar-refractivity contribution is 6.39. The third kappa shape index (κ3) is 5.88. The maximum absolute atomic E-state index is 12.7. The lowest BCUT2D eigenvalue weighted by Gasteiger charge is -2.16. The van der Waals surface area contributed by atoms with Gasteiger partial charge in [-0.3, -0.25) is 9.59 Å². The number of carboxylic acid groups (broad SMARTS) is 1. The second-order valence-corrected chi connectivity index (χ2v) is 8.53. The fourth-order valence-corrected chi connectivity index (χ4v) is 3.99. The number of alkyl halides is 1. The van der Waals surface area contributed by atoms with E-state index in [0.717, 1.165) is 0 Å². The molecule has 34 heavy (non-hydrogen) atoms. The zero-order valence-corrected chi connectivity index (χ0v) is 20.3. The smallest absolute Gasteiger partial charge is 0.326 e. The van der Waals surface area contributed by atoms with Gasteiger partial charge in [-0.2, -0.15) is 5.10 Å². The highest BCUT2D eigenvalue weighted by atomic mass is 35.5. The molecule has 0 aliphatic rings. The molecule has 0 saturated heterocycles. The summed E-state index contributed by atoms with van der Waals surface area (Å²) in [5, 5.41) is 19.5. The Morgan fingerprint density at radius 2 is 1.76 bits per heavy atom. The van der Waals surface area contributed by atoms with Crippen molar-refractivity contribution in [1.82, 2.24) is 15.1 Å². The van der Waals surface area contributed by atoms with Crippen LogP contribution in [0.5, 0.6) is 0 Å². The number of nitrogens with zero attached hydrogens (tertiary/aromatic N) is 2. The number of benzene rings is 2. The highest BCUT2D eigenvalue weighted by Crippen LogP contribution is 2.26. The van der Waals surface area contributed by atoms with E-state index >= 15 is 0 Å². The van der Waals surface area contributed by atoms with Crippen molar-refractivity contribution < 1.29 is 14.7 Å². The van der Waals surface area contributed by atoms with Crippen LogP contribution in [0.1, 0.15) is 15.9 Å². The Kier molecular flexibility index (Phi) is 8.55. The minimum atomic E-state index is -1.22. The van der Waals surface area contributed by atoms with Crippen molar-refractivity contribution in [2.45, 2.75) is 12.5 Å². The monoisotopic (exact) mass is 522 g/mol. The number of hydrogen-bond donors (Lipinski definition) is 3. The van der Waals surface area contributed by atoms with Gasteiger partial charge in [0.25, 0.3) is 11.5 Å². The molecule has 11 heteroatoms. The number of aliphatic carboxylic acids is 1. The van der Waals surface area contributed by atoms with Gasteiger partial charge in [-0.25, -0.2) is 9.48 Å². The zero-order chi connectivity index (χ0) is 24.8. The highest BCUT2D eigenvalue weighted by Gasteiger charge is 2.24. The van der Waals surface area contributed by atoms with Gasteiger partial charge in [0.05, 0.1) is 33.1 Å². The predicted octanol–water partition coefficient (Wildman–Crippen LogP) is 3.83. The molecule has 0 saturated carbocycles. The lowest BCUT2D eigenvalue weighted by molar-refractivity contribution is -0.139. The average Bonchev–Trinajstić information content (AvgIpc) is 2.80. The summed E-state index contributed by atoms with van der Waals surface area (Å²) in [6, 6.07) is 10.2. The first-order valence-corrected chi connectivity index (χ1v) is 11.4. The number of rotatable bonds is 9. The van der Waals surface area contributed by atoms with Gasteiger partial charge in [0, 0.05) is 25.9 Å². The van der Waals surface area contributed by atoms with Crippen LogP contribution < -0.4 is 16.2 Å². The number of hydrogen-bond acceptors (Lipinski definition) is 5. The third-order valence-electron chi connectivity index (χ3n) is 5.02. The van der Waals surface area contributed by atoms with Gasteiger partial charge < -0.3 is 15.7 Å². The van der Waals surface area contributed by atoms with Crippen molar-refractivity contribution in [3.05, 3.63) is 80.2 Å². The zero-order valence-electron chi connectivity index (χ0n) is 18.0. The summed E-state index contributed by atoms with van der Waals surface area (Å²) in [5.41, 5.74) is 1.96. The van der Waals surface area contributed by atoms with E-state index in [-0.39, 0.29) is 27.6 Å². The first-order valence-electron chi connectivity index (χ1n) is 10.2. The van der Waals surface area contributed by atoms with E-state index in [1.54, 1.807) is 43.6 Å². The molecule has 2 aromatic carbocycles. The van der Waals surface area contributed by atoms with Crippen LogP contribution in [0.2, 0.25) is 10.0 Å². The molecule has 3 N–H and O–H groups in total. The number of nitrogens with one attached hydrogen (secondary N) is 2. The summed E-state index contributed by atoms with van der Waals surface area (Å²) < 4.78 is 1.23. The van der Waals surface area contributed by atoms with Crippen molar-refractivity contribution in [3.63, 3.8) is 0 Å². The molecule has 1 heterocycles. The second kappa shape index (κ2) is 11.4. The molecule has 0 bridgehead atoms. The van der Waals surface area contributed by atoms with Crippen molar-refractivity contribution in [2.24, 2.45) is 7.05 Å². The molecule has 0 aliphatic carbocycles. The van der Waals surface area contributed by atoms with E-state index in [1.807, 2.05) is 0 Å². The molecule has 0 spiro atoms. The van der Waals surface area contributed by atoms with Crippen molar-refractivity contribution >= 4 is 52.4 Å². The van der Waals surface area contributed by atoms with E-state index in [0.29, 0.717) is 34.8 Å². The molecule has 0 fully saturated rings. The summed E-state index contributed by atoms with van der Waals surface area (Å²) in [4.78, 5) is 37.1. The normalized spacial score (nSPS) is 11.6. The Morgan fingerprint density at radius 3 is 2.35 bits per heavy atom. The lowest BCUT2D eigenvalue weighted by atomic mass is 10.0. The third-order valence-corrected chi connectivity index (χ3v) is 5.84. The number of anilines is 1. The summed E-state index contributed by atoms with van der Waals surface area (Å²) in [5.74, 6) is -1.54. The predicted molar refractivity (Wildman–Crippen MR) is 133 cm³/mol. The fourth-order valence-electron chi connectivity index (χ4n) is 3.32. The quantitative estimate of drug-likeness (QED) is 0.367. The molecule has 1 amide bonds. The molecule has 8 nitrogen and oxygen atoms in total. The van der Waals surface area contributed by atoms with E-state index in [2.05, 4.69) is 15.7 Å². The SMILES string of the molecule is Cn1ncc(NCCCl)c(-c2ccc(C[C@H](NC(=O)c3c(Cl)cccc3Cl)C(=O)O)cc2)c1=O. The maximum atomic E-state index is 12.7. The molecule has 0 aliphatic heterocycles. The fraction of sp³-hybridized carbons (Fsp3) is 0.217. The van der Waals surface area contributed by atoms with Gasteiger partial charge in [0.1, 0.15) is 6.04 Å². The Balaban J connectivity index is 1.83. The van der Waals surface area contributed by atoms with E-state index in [1.165, 1.54) is 16.8 Å². The minimum Gasteiger partial charge on any atom is -0.480 e. The van der Waals surface area contributed by atoms with E-state index in [4.69, 9.17) is 34.8 Å². The molecule has 1 aromatic heterocycles. The Morgan fingerprint density at radius 1 is 1.12 bits per heavy atom. The Bertz CT molecular complexity index is 1240. The maximum Gasteiger partial charge on any atom is 0.326 e. The van der Waals surface area contributed by atoms with Crippen LogP contribution in [0.4, 0.5) is 5.69 Å². The Hall–Kier alpha value is -3.07. The van der Waals surface area contributed by atoms with Crippen LogP contribution in [-0.2, 0) is 18.3 Å². The lowest BCUT2D eigenvalue weighted by Crippen LogP contribution is -2.42. The number of halogens is 3. The van der Waals surface area contributed by atoms with E-state index in [9.17, 15) is 19.5 Å². The van der Waals surface area contributed by atoms with Gasteiger partial charge in [-0.05, 0) is 23.3 Å². The van der Waals surface area contributed by atoms with E-state index < -0.39 is 17.9 Å². The number of aromatic nitrogens is 2. The van der Waals surface area contributed by atoms with Crippen LogP contribution in [0.15, 0.2) is 53.5 Å². The minimum absolute atomic E-state index is 0.00906. The first kappa shape index (κ1) is 25.6. The van der Waals surface area contributed by atoms with Gasteiger partial charge >= 0.3 is 5.97 Å². The molecular formula is C23H21Cl3N4O4. The molecule has 3 rings (SSSR count). The van der Waals surface area contributed by atoms with Crippen LogP contribution in [0.25, 0.3) is 11.1 Å². The average molecular weight is 524 g/mol. The molecule has 1 atom stereocenters. The van der Waals surface area contributed by atoms with Gasteiger partial charge in [-0.15, -0.1) is 11.6 Å². The molecule has 0 unspecified atom stereocenters. The van der Waals surface area contributed by atoms with Crippen LogP contribution in [0.3, 0.4) is 0 Å². The standard InChI is InChI=1S/C23H21Cl3N4O4/c1-30-22(32)19(18(12-28-30)27-10-9-24)14-7-5-13(6-8-14)11-17(23(33)34)29-21(31)20-15(25)3-2-4-16(20)26/h2-8,12,17,27H,9-11H2,1H3,(H,29,31)(H,33,34)/t17-/m0/s1. The van der Waals surface area contributed by atoms with Crippen LogP contribution in [-0.4, -0.2) is 45.2 Å². The van der Waals surface area contributed by atoms with Crippen molar-refractivity contribution in [1.29, 1.82) is 0 Å². The topological polar surface area (TPSA) is 113 Å². The Labute approximate surface area is 210 Å². The largest absolute Gasteiger partial charge is 0.480 e. The van der Waals surface area contributed by atoms with Crippen molar-refractivity contribution in [2.75, 3.05) is 17.7 Å². The second-order valence-electron chi connectivity index (χ2n) is 7.34. The summed E-state index contributed by atoms with van der Waals surface area (Å²) in [6.07, 6.45) is 1.56. The summed E-state index contributed by atoms with van der Waals surface area (Å²) >= 11 is 17.9. The van der Waals surface area contributed by atoms with Crippen LogP contribution >= 0.6 is 34.8 Å². The van der Waals surface area contributed by atoms with Gasteiger partial charge in [-0.1, -0.05) is 53.5 Å². The van der Waals surface area contributed by atoms with Gasteiger partial charge in [0.2, 0.25) is 0 Å². The molecule has 178 valence electrons. The summed E-state index contributed by atoms with van der Waals surface area (Å²) in [7, 11) is 1.55.